The minimum absolute atomic E-state index is 0.00248. The minimum Gasteiger partial charge on any atom is -0.305 e. The second kappa shape index (κ2) is 6.50. The quantitative estimate of drug-likeness (QED) is 0.904. The highest BCUT2D eigenvalue weighted by atomic mass is 79.9. The first kappa shape index (κ1) is 14.5. The van der Waals surface area contributed by atoms with Gasteiger partial charge in [-0.2, -0.15) is 5.10 Å². The van der Waals surface area contributed by atoms with E-state index in [1.807, 2.05) is 16.9 Å². The van der Waals surface area contributed by atoms with E-state index in [9.17, 15) is 0 Å². The number of aryl methyl sites for hydroxylation is 1. The van der Waals surface area contributed by atoms with Gasteiger partial charge >= 0.3 is 0 Å². The third-order valence-electron chi connectivity index (χ3n) is 2.93. The Kier molecular flexibility index (Phi) is 4.96. The number of halogens is 2. The zero-order chi connectivity index (χ0) is 13.8. The summed E-state index contributed by atoms with van der Waals surface area (Å²) in [6.45, 7) is 5.79. The molecule has 0 saturated heterocycles. The highest BCUT2D eigenvalue weighted by Crippen LogP contribution is 2.31. The Hall–Kier alpha value is -0.910. The summed E-state index contributed by atoms with van der Waals surface area (Å²) in [6, 6.07) is 1.94. The van der Waals surface area contributed by atoms with Gasteiger partial charge in [0, 0.05) is 18.9 Å². The van der Waals surface area contributed by atoms with Crippen molar-refractivity contribution in [2.24, 2.45) is 0 Å². The summed E-state index contributed by atoms with van der Waals surface area (Å²) in [6.07, 6.45) is 5.24. The maximum Gasteiger partial charge on any atom is 0.0775 e. The Morgan fingerprint density at radius 3 is 2.84 bits per heavy atom. The number of pyridine rings is 1. The predicted octanol–water partition coefficient (Wildman–Crippen LogP) is 3.41. The number of hydrogen-bond acceptors (Lipinski definition) is 3. The van der Waals surface area contributed by atoms with Gasteiger partial charge in [0.05, 0.1) is 27.4 Å². The van der Waals surface area contributed by atoms with Crippen LogP contribution in [-0.4, -0.2) is 21.3 Å². The number of rotatable bonds is 5. The van der Waals surface area contributed by atoms with Gasteiger partial charge in [0.25, 0.3) is 0 Å². The average Bonchev–Trinajstić information content (AvgIpc) is 2.78. The molecule has 1 unspecified atom stereocenters. The molecule has 19 heavy (non-hydrogen) atoms. The van der Waals surface area contributed by atoms with Crippen molar-refractivity contribution in [3.8, 4) is 0 Å². The van der Waals surface area contributed by atoms with Crippen LogP contribution in [0.2, 0.25) is 5.02 Å². The zero-order valence-corrected chi connectivity index (χ0v) is 13.2. The standard InChI is InChI=1S/C13H16BrClN4/c1-3-17-12(9-5-6-16-8-11(9)15)13-10(14)7-18-19(13)4-2/h5-8,12,17H,3-4H2,1-2H3. The van der Waals surface area contributed by atoms with E-state index in [0.29, 0.717) is 5.02 Å². The molecule has 0 saturated carbocycles. The van der Waals surface area contributed by atoms with Crippen LogP contribution in [-0.2, 0) is 6.54 Å². The molecule has 0 aliphatic carbocycles. The highest BCUT2D eigenvalue weighted by molar-refractivity contribution is 9.10. The van der Waals surface area contributed by atoms with Crippen molar-refractivity contribution in [1.82, 2.24) is 20.1 Å². The average molecular weight is 344 g/mol. The molecule has 0 aliphatic heterocycles. The van der Waals surface area contributed by atoms with E-state index < -0.39 is 0 Å². The summed E-state index contributed by atoms with van der Waals surface area (Å²) < 4.78 is 2.95. The molecular weight excluding hydrogens is 328 g/mol. The summed E-state index contributed by atoms with van der Waals surface area (Å²) in [7, 11) is 0. The van der Waals surface area contributed by atoms with Gasteiger partial charge in [-0.3, -0.25) is 9.67 Å². The lowest BCUT2D eigenvalue weighted by atomic mass is 10.0. The lowest BCUT2D eigenvalue weighted by Gasteiger charge is -2.21. The summed E-state index contributed by atoms with van der Waals surface area (Å²) in [5, 5.41) is 8.47. The molecule has 4 nitrogen and oxygen atoms in total. The molecule has 0 spiro atoms. The van der Waals surface area contributed by atoms with E-state index in [4.69, 9.17) is 11.6 Å². The van der Waals surface area contributed by atoms with Crippen molar-refractivity contribution in [1.29, 1.82) is 0 Å². The molecule has 2 aromatic rings. The predicted molar refractivity (Wildman–Crippen MR) is 80.4 cm³/mol. The summed E-state index contributed by atoms with van der Waals surface area (Å²) >= 11 is 9.84. The maximum atomic E-state index is 6.27. The van der Waals surface area contributed by atoms with Crippen molar-refractivity contribution in [3.05, 3.63) is 45.4 Å². The fraction of sp³-hybridized carbons (Fsp3) is 0.385. The molecule has 0 bridgehead atoms. The molecule has 2 heterocycles. The van der Waals surface area contributed by atoms with Crippen LogP contribution in [0.5, 0.6) is 0 Å². The zero-order valence-electron chi connectivity index (χ0n) is 10.9. The molecule has 6 heteroatoms. The molecule has 2 rings (SSSR count). The third kappa shape index (κ3) is 2.99. The van der Waals surface area contributed by atoms with E-state index in [2.05, 4.69) is 45.2 Å². The van der Waals surface area contributed by atoms with Crippen LogP contribution in [0.4, 0.5) is 0 Å². The molecule has 2 aromatic heterocycles. The van der Waals surface area contributed by atoms with E-state index >= 15 is 0 Å². The Morgan fingerprint density at radius 1 is 1.42 bits per heavy atom. The summed E-state index contributed by atoms with van der Waals surface area (Å²) in [5.74, 6) is 0. The van der Waals surface area contributed by atoms with Crippen LogP contribution >= 0.6 is 27.5 Å². The molecule has 0 aliphatic rings. The smallest absolute Gasteiger partial charge is 0.0775 e. The topological polar surface area (TPSA) is 42.7 Å². The van der Waals surface area contributed by atoms with Gasteiger partial charge in [0.15, 0.2) is 0 Å². The highest BCUT2D eigenvalue weighted by Gasteiger charge is 2.22. The van der Waals surface area contributed by atoms with Crippen LogP contribution in [0.15, 0.2) is 29.1 Å². The van der Waals surface area contributed by atoms with E-state index in [1.165, 1.54) is 0 Å². The van der Waals surface area contributed by atoms with Crippen LogP contribution in [0, 0.1) is 0 Å². The lowest BCUT2D eigenvalue weighted by molar-refractivity contribution is 0.540. The normalized spacial score (nSPS) is 12.6. The number of nitrogens with zero attached hydrogens (tertiary/aromatic N) is 3. The second-order valence-electron chi connectivity index (χ2n) is 4.08. The van der Waals surface area contributed by atoms with Crippen molar-refractivity contribution < 1.29 is 0 Å². The third-order valence-corrected chi connectivity index (χ3v) is 3.86. The molecule has 0 fully saturated rings. The summed E-state index contributed by atoms with van der Waals surface area (Å²) in [5.41, 5.74) is 2.09. The molecule has 0 amide bonds. The lowest BCUT2D eigenvalue weighted by Crippen LogP contribution is -2.25. The van der Waals surface area contributed by atoms with Gasteiger partial charge in [-0.1, -0.05) is 18.5 Å². The molecule has 0 aromatic carbocycles. The van der Waals surface area contributed by atoms with Gasteiger partial charge in [-0.25, -0.2) is 0 Å². The molecule has 1 N–H and O–H groups in total. The number of aromatic nitrogens is 3. The van der Waals surface area contributed by atoms with Crippen LogP contribution in [0.25, 0.3) is 0 Å². The maximum absolute atomic E-state index is 6.27. The van der Waals surface area contributed by atoms with E-state index in [0.717, 1.165) is 28.8 Å². The minimum atomic E-state index is -0.00248. The van der Waals surface area contributed by atoms with Gasteiger partial charge in [0.1, 0.15) is 0 Å². The van der Waals surface area contributed by atoms with Crippen molar-refractivity contribution in [2.75, 3.05) is 6.54 Å². The monoisotopic (exact) mass is 342 g/mol. The van der Waals surface area contributed by atoms with Gasteiger partial charge in [0.2, 0.25) is 0 Å². The van der Waals surface area contributed by atoms with Crippen molar-refractivity contribution in [3.63, 3.8) is 0 Å². The SMILES string of the molecule is CCNC(c1ccncc1Cl)c1c(Br)cnn1CC. The Balaban J connectivity index is 2.51. The van der Waals surface area contributed by atoms with Crippen molar-refractivity contribution >= 4 is 27.5 Å². The van der Waals surface area contributed by atoms with E-state index in [-0.39, 0.29) is 6.04 Å². The Labute approximate surface area is 126 Å². The van der Waals surface area contributed by atoms with Gasteiger partial charge in [-0.05, 0) is 41.0 Å². The fourth-order valence-electron chi connectivity index (χ4n) is 2.09. The first-order chi connectivity index (χ1) is 9.19. The first-order valence-electron chi connectivity index (χ1n) is 6.23. The van der Waals surface area contributed by atoms with Crippen LogP contribution < -0.4 is 5.32 Å². The molecular formula is C13H16BrClN4. The molecule has 1 atom stereocenters. The van der Waals surface area contributed by atoms with Crippen LogP contribution in [0.3, 0.4) is 0 Å². The molecule has 102 valence electrons. The van der Waals surface area contributed by atoms with Gasteiger partial charge in [-0.15, -0.1) is 0 Å². The largest absolute Gasteiger partial charge is 0.305 e. The van der Waals surface area contributed by atoms with Crippen molar-refractivity contribution in [2.45, 2.75) is 26.4 Å². The van der Waals surface area contributed by atoms with Crippen LogP contribution in [0.1, 0.15) is 31.1 Å². The number of nitrogens with one attached hydrogen (secondary N) is 1. The van der Waals surface area contributed by atoms with Gasteiger partial charge < -0.3 is 5.32 Å². The number of hydrogen-bond donors (Lipinski definition) is 1. The summed E-state index contributed by atoms with van der Waals surface area (Å²) in [4.78, 5) is 4.04. The second-order valence-corrected chi connectivity index (χ2v) is 5.34. The molecule has 0 radical (unpaired) electrons. The van der Waals surface area contributed by atoms with E-state index in [1.54, 1.807) is 12.4 Å². The first-order valence-corrected chi connectivity index (χ1v) is 7.40. The Bertz CT molecular complexity index is 555. The Morgan fingerprint density at radius 2 is 2.21 bits per heavy atom. The fourth-order valence-corrected chi connectivity index (χ4v) is 2.84.